The van der Waals surface area contributed by atoms with Crippen LogP contribution in [0.15, 0.2) is 18.2 Å². The molecule has 144 valence electrons. The fraction of sp³-hybridized carbons (Fsp3) is 0.550. The summed E-state index contributed by atoms with van der Waals surface area (Å²) >= 11 is 0. The number of rotatable bonds is 3. The van der Waals surface area contributed by atoms with Crippen molar-refractivity contribution in [2.45, 2.75) is 63.3 Å². The molecule has 3 aliphatic rings. The van der Waals surface area contributed by atoms with Gasteiger partial charge in [0.1, 0.15) is 12.2 Å². The highest BCUT2D eigenvalue weighted by molar-refractivity contribution is 6.05. The summed E-state index contributed by atoms with van der Waals surface area (Å²) in [7, 11) is 0. The van der Waals surface area contributed by atoms with Gasteiger partial charge in [0.05, 0.1) is 0 Å². The first kappa shape index (κ1) is 18.1. The normalized spacial score (nSPS) is 31.0. The van der Waals surface area contributed by atoms with E-state index in [9.17, 15) is 18.8 Å². The highest BCUT2D eigenvalue weighted by atomic mass is 19.1. The van der Waals surface area contributed by atoms with Gasteiger partial charge in [-0.25, -0.2) is 4.39 Å². The fourth-order valence-corrected chi connectivity index (χ4v) is 4.52. The second-order valence-corrected chi connectivity index (χ2v) is 7.93. The van der Waals surface area contributed by atoms with Gasteiger partial charge in [-0.2, -0.15) is 0 Å². The number of fused-ring (bicyclic) bond motifs is 1. The van der Waals surface area contributed by atoms with Gasteiger partial charge in [-0.05, 0) is 55.2 Å². The third kappa shape index (κ3) is 3.48. The van der Waals surface area contributed by atoms with E-state index in [1.165, 1.54) is 0 Å². The number of nitrogens with two attached hydrogens (primary N) is 1. The molecule has 1 aromatic rings. The SMILES string of the molecule is N[C@H]1CC[C@H](F)C[C@@H]1Cc1ccc2c(c1)CN(C1CCC(=O)NC1=O)C2=O. The third-order valence-corrected chi connectivity index (χ3v) is 6.06. The summed E-state index contributed by atoms with van der Waals surface area (Å²) in [5.41, 5.74) is 8.69. The summed E-state index contributed by atoms with van der Waals surface area (Å²) in [6, 6.07) is 5.07. The summed E-state index contributed by atoms with van der Waals surface area (Å²) in [4.78, 5) is 37.7. The van der Waals surface area contributed by atoms with Gasteiger partial charge in [0.15, 0.2) is 0 Å². The van der Waals surface area contributed by atoms with E-state index in [4.69, 9.17) is 5.73 Å². The molecule has 3 amide bonds. The minimum Gasteiger partial charge on any atom is -0.327 e. The molecule has 1 saturated carbocycles. The van der Waals surface area contributed by atoms with Gasteiger partial charge in [0.2, 0.25) is 11.8 Å². The highest BCUT2D eigenvalue weighted by Crippen LogP contribution is 2.32. The Balaban J connectivity index is 1.49. The van der Waals surface area contributed by atoms with Crippen LogP contribution in [0.1, 0.15) is 53.6 Å². The van der Waals surface area contributed by atoms with Crippen molar-refractivity contribution in [3.05, 3.63) is 34.9 Å². The van der Waals surface area contributed by atoms with E-state index in [1.54, 1.807) is 11.0 Å². The average Bonchev–Trinajstić information content (AvgIpc) is 2.94. The lowest BCUT2D eigenvalue weighted by Gasteiger charge is -2.30. The van der Waals surface area contributed by atoms with E-state index in [-0.39, 0.29) is 30.2 Å². The molecule has 1 aromatic carbocycles. The number of halogens is 1. The van der Waals surface area contributed by atoms with Crippen LogP contribution in [0.4, 0.5) is 4.39 Å². The summed E-state index contributed by atoms with van der Waals surface area (Å²) < 4.78 is 13.7. The van der Waals surface area contributed by atoms with Gasteiger partial charge in [-0.3, -0.25) is 19.7 Å². The number of hydrogen-bond acceptors (Lipinski definition) is 4. The van der Waals surface area contributed by atoms with Crippen LogP contribution in [-0.2, 0) is 22.6 Å². The van der Waals surface area contributed by atoms with Crippen molar-refractivity contribution in [2.75, 3.05) is 0 Å². The molecular weight excluding hydrogens is 349 g/mol. The van der Waals surface area contributed by atoms with Gasteiger partial charge < -0.3 is 10.6 Å². The van der Waals surface area contributed by atoms with E-state index in [1.807, 2.05) is 12.1 Å². The molecule has 3 N–H and O–H groups in total. The van der Waals surface area contributed by atoms with Crippen molar-refractivity contribution < 1.29 is 18.8 Å². The van der Waals surface area contributed by atoms with Crippen LogP contribution in [0, 0.1) is 5.92 Å². The topological polar surface area (TPSA) is 92.5 Å². The maximum atomic E-state index is 13.7. The molecule has 0 aromatic heterocycles. The van der Waals surface area contributed by atoms with Crippen LogP contribution in [0.5, 0.6) is 0 Å². The van der Waals surface area contributed by atoms with Crippen molar-refractivity contribution >= 4 is 17.7 Å². The molecule has 2 aliphatic heterocycles. The molecule has 1 aliphatic carbocycles. The van der Waals surface area contributed by atoms with Crippen molar-refractivity contribution in [1.82, 2.24) is 10.2 Å². The van der Waals surface area contributed by atoms with Crippen molar-refractivity contribution in [3.63, 3.8) is 0 Å². The molecule has 0 radical (unpaired) electrons. The van der Waals surface area contributed by atoms with E-state index in [0.29, 0.717) is 44.2 Å². The Morgan fingerprint density at radius 2 is 2.00 bits per heavy atom. The van der Waals surface area contributed by atoms with Crippen LogP contribution in [0.25, 0.3) is 0 Å². The van der Waals surface area contributed by atoms with E-state index in [2.05, 4.69) is 5.32 Å². The molecule has 6 nitrogen and oxygen atoms in total. The van der Waals surface area contributed by atoms with Gasteiger partial charge >= 0.3 is 0 Å². The number of nitrogens with one attached hydrogen (secondary N) is 1. The quantitative estimate of drug-likeness (QED) is 0.785. The monoisotopic (exact) mass is 373 g/mol. The molecule has 1 unspecified atom stereocenters. The Labute approximate surface area is 157 Å². The smallest absolute Gasteiger partial charge is 0.255 e. The average molecular weight is 373 g/mol. The number of alkyl halides is 1. The molecule has 1 saturated heterocycles. The minimum absolute atomic E-state index is 0.00635. The van der Waals surface area contributed by atoms with E-state index < -0.39 is 18.1 Å². The van der Waals surface area contributed by atoms with Gasteiger partial charge in [-0.1, -0.05) is 12.1 Å². The van der Waals surface area contributed by atoms with Crippen molar-refractivity contribution in [1.29, 1.82) is 0 Å². The Hall–Kier alpha value is -2.28. The predicted molar refractivity (Wildman–Crippen MR) is 96.4 cm³/mol. The Morgan fingerprint density at radius 1 is 1.19 bits per heavy atom. The van der Waals surface area contributed by atoms with Crippen LogP contribution < -0.4 is 11.1 Å². The largest absolute Gasteiger partial charge is 0.327 e. The van der Waals surface area contributed by atoms with E-state index in [0.717, 1.165) is 11.1 Å². The third-order valence-electron chi connectivity index (χ3n) is 6.06. The van der Waals surface area contributed by atoms with Gasteiger partial charge in [-0.15, -0.1) is 0 Å². The van der Waals surface area contributed by atoms with E-state index >= 15 is 0 Å². The number of carbonyl (C=O) groups excluding carboxylic acids is 3. The van der Waals surface area contributed by atoms with Crippen LogP contribution >= 0.6 is 0 Å². The molecule has 4 atom stereocenters. The van der Waals surface area contributed by atoms with Crippen molar-refractivity contribution in [3.8, 4) is 0 Å². The Bertz CT molecular complexity index is 797. The highest BCUT2D eigenvalue weighted by Gasteiger charge is 2.39. The zero-order valence-electron chi connectivity index (χ0n) is 15.1. The number of nitrogens with zero attached hydrogens (tertiary/aromatic N) is 1. The van der Waals surface area contributed by atoms with Crippen LogP contribution in [0.3, 0.4) is 0 Å². The fourth-order valence-electron chi connectivity index (χ4n) is 4.52. The summed E-state index contributed by atoms with van der Waals surface area (Å²) in [5.74, 6) is -0.771. The molecule has 2 heterocycles. The number of imide groups is 1. The lowest BCUT2D eigenvalue weighted by atomic mass is 9.80. The first-order valence-corrected chi connectivity index (χ1v) is 9.58. The number of carbonyl (C=O) groups is 3. The van der Waals surface area contributed by atoms with Crippen LogP contribution in [-0.4, -0.2) is 40.9 Å². The number of piperidine rings is 1. The zero-order valence-corrected chi connectivity index (χ0v) is 15.1. The first-order chi connectivity index (χ1) is 12.9. The molecule has 2 fully saturated rings. The van der Waals surface area contributed by atoms with Gasteiger partial charge in [0, 0.05) is 24.6 Å². The summed E-state index contributed by atoms with van der Waals surface area (Å²) in [5, 5.41) is 2.31. The summed E-state index contributed by atoms with van der Waals surface area (Å²) in [6.45, 7) is 0.358. The number of hydrogen-bond donors (Lipinski definition) is 2. The maximum Gasteiger partial charge on any atom is 0.255 e. The molecule has 0 bridgehead atoms. The van der Waals surface area contributed by atoms with Gasteiger partial charge in [0.25, 0.3) is 5.91 Å². The lowest BCUT2D eigenvalue weighted by molar-refractivity contribution is -0.136. The molecule has 7 heteroatoms. The molecule has 27 heavy (non-hydrogen) atoms. The molecular formula is C20H24FN3O3. The minimum atomic E-state index is -0.783. The second kappa shape index (κ2) is 7.03. The first-order valence-electron chi connectivity index (χ1n) is 9.58. The molecule has 0 spiro atoms. The lowest BCUT2D eigenvalue weighted by Crippen LogP contribution is -2.52. The standard InChI is InChI=1S/C20H24FN3O3/c21-14-2-4-16(22)12(9-14)7-11-1-3-15-13(8-11)10-24(20(15)27)17-5-6-18(25)23-19(17)26/h1,3,8,12,14,16-17H,2,4-7,9-10,22H2,(H,23,25,26)/t12-,14-,16-,17?/m0/s1. The maximum absolute atomic E-state index is 13.7. The number of amides is 3. The zero-order chi connectivity index (χ0) is 19.1. The van der Waals surface area contributed by atoms with Crippen LogP contribution in [0.2, 0.25) is 0 Å². The second-order valence-electron chi connectivity index (χ2n) is 7.93. The Kier molecular flexibility index (Phi) is 4.72. The summed E-state index contributed by atoms with van der Waals surface area (Å²) in [6.07, 6.45) is 2.24. The number of benzene rings is 1. The Morgan fingerprint density at radius 3 is 2.78 bits per heavy atom. The molecule has 4 rings (SSSR count). The van der Waals surface area contributed by atoms with Crippen molar-refractivity contribution in [2.24, 2.45) is 11.7 Å². The predicted octanol–water partition coefficient (Wildman–Crippen LogP) is 1.46.